The maximum Gasteiger partial charge on any atom is 0.252 e. The molecule has 7 heteroatoms. The zero-order valence-electron chi connectivity index (χ0n) is 18.5. The zero-order chi connectivity index (χ0) is 22.2. The van der Waals surface area contributed by atoms with Gasteiger partial charge in [-0.05, 0) is 45.6 Å². The first-order chi connectivity index (χ1) is 14.8. The van der Waals surface area contributed by atoms with E-state index in [1.165, 1.54) is 17.3 Å². The Morgan fingerprint density at radius 3 is 2.42 bits per heavy atom. The summed E-state index contributed by atoms with van der Waals surface area (Å²) in [7, 11) is 0. The molecule has 2 amide bonds. The fourth-order valence-electron chi connectivity index (χ4n) is 4.98. The number of benzene rings is 1. The molecule has 1 atom stereocenters. The molecule has 1 aromatic heterocycles. The van der Waals surface area contributed by atoms with E-state index in [-0.39, 0.29) is 11.8 Å². The summed E-state index contributed by atoms with van der Waals surface area (Å²) in [5.41, 5.74) is 9.19. The van der Waals surface area contributed by atoms with E-state index in [4.69, 9.17) is 10.5 Å². The summed E-state index contributed by atoms with van der Waals surface area (Å²) >= 11 is 0. The lowest BCUT2D eigenvalue weighted by atomic mass is 9.72. The molecule has 2 aliphatic rings. The average molecular weight is 423 g/mol. The molecule has 2 aromatic rings. The Labute approximate surface area is 183 Å². The van der Waals surface area contributed by atoms with Crippen molar-refractivity contribution in [3.05, 3.63) is 58.2 Å². The van der Waals surface area contributed by atoms with Gasteiger partial charge in [0.2, 0.25) is 5.91 Å². The van der Waals surface area contributed by atoms with Crippen LogP contribution >= 0.6 is 0 Å². The Hall–Kier alpha value is -2.80. The van der Waals surface area contributed by atoms with Gasteiger partial charge < -0.3 is 15.4 Å². The van der Waals surface area contributed by atoms with Gasteiger partial charge in [0.15, 0.2) is 0 Å². The second-order valence-electron chi connectivity index (χ2n) is 8.90. The SMILES string of the molecule is Cc1cc(C)cc(C2(C(=O)N3CCC(c4ncc(C(N)=O)c(C)n4)C3)CCOCC2)c1. The topological polar surface area (TPSA) is 98.4 Å². The molecule has 0 radical (unpaired) electrons. The first-order valence-electron chi connectivity index (χ1n) is 10.9. The Bertz CT molecular complexity index is 994. The van der Waals surface area contributed by atoms with Gasteiger partial charge in [-0.25, -0.2) is 9.97 Å². The Kier molecular flexibility index (Phi) is 5.79. The standard InChI is InChI=1S/C24H30N4O3/c1-15-10-16(2)12-19(11-15)24(5-8-31-9-6-24)23(30)28-7-4-18(14-28)22-26-13-20(21(25)29)17(3)27-22/h10-13,18H,4-9,14H2,1-3H3,(H2,25,29). The van der Waals surface area contributed by atoms with E-state index in [9.17, 15) is 9.59 Å². The van der Waals surface area contributed by atoms with Crippen molar-refractivity contribution in [3.8, 4) is 0 Å². The van der Waals surface area contributed by atoms with Crippen LogP contribution in [0.3, 0.4) is 0 Å². The van der Waals surface area contributed by atoms with E-state index in [0.717, 1.165) is 12.0 Å². The molecule has 0 bridgehead atoms. The zero-order valence-corrected chi connectivity index (χ0v) is 18.5. The molecule has 2 saturated heterocycles. The minimum Gasteiger partial charge on any atom is -0.381 e. The molecule has 7 nitrogen and oxygen atoms in total. The number of nitrogens with zero attached hydrogens (tertiary/aromatic N) is 3. The Morgan fingerprint density at radius 2 is 1.81 bits per heavy atom. The van der Waals surface area contributed by atoms with Crippen LogP contribution in [0.4, 0.5) is 0 Å². The molecule has 0 saturated carbocycles. The van der Waals surface area contributed by atoms with Crippen molar-refractivity contribution in [1.29, 1.82) is 0 Å². The highest BCUT2D eigenvalue weighted by atomic mass is 16.5. The first kappa shape index (κ1) is 21.4. The van der Waals surface area contributed by atoms with Crippen LogP contribution in [0.2, 0.25) is 0 Å². The van der Waals surface area contributed by atoms with Gasteiger partial charge >= 0.3 is 0 Å². The van der Waals surface area contributed by atoms with E-state index in [0.29, 0.717) is 56.2 Å². The van der Waals surface area contributed by atoms with E-state index in [1.807, 2.05) is 4.90 Å². The van der Waals surface area contributed by atoms with Gasteiger partial charge in [0.25, 0.3) is 5.91 Å². The predicted molar refractivity (Wildman–Crippen MR) is 117 cm³/mol. The molecule has 2 aliphatic heterocycles. The molecule has 31 heavy (non-hydrogen) atoms. The second-order valence-corrected chi connectivity index (χ2v) is 8.90. The summed E-state index contributed by atoms with van der Waals surface area (Å²) in [5.74, 6) is 0.377. The van der Waals surface area contributed by atoms with Crippen LogP contribution in [-0.4, -0.2) is 53.0 Å². The van der Waals surface area contributed by atoms with Crippen LogP contribution < -0.4 is 5.73 Å². The summed E-state index contributed by atoms with van der Waals surface area (Å²) in [6.07, 6.45) is 3.69. The Morgan fingerprint density at radius 1 is 1.13 bits per heavy atom. The molecule has 0 spiro atoms. The quantitative estimate of drug-likeness (QED) is 0.817. The minimum atomic E-state index is -0.545. The number of likely N-dealkylation sites (tertiary alicyclic amines) is 1. The van der Waals surface area contributed by atoms with E-state index in [2.05, 4.69) is 42.0 Å². The van der Waals surface area contributed by atoms with Crippen molar-refractivity contribution in [3.63, 3.8) is 0 Å². The monoisotopic (exact) mass is 422 g/mol. The number of carbonyl (C=O) groups excluding carboxylic acids is 2. The van der Waals surface area contributed by atoms with Crippen LogP contribution in [0.15, 0.2) is 24.4 Å². The number of amides is 2. The fourth-order valence-corrected chi connectivity index (χ4v) is 4.98. The molecule has 0 aliphatic carbocycles. The van der Waals surface area contributed by atoms with Crippen LogP contribution in [0, 0.1) is 20.8 Å². The van der Waals surface area contributed by atoms with Crippen LogP contribution in [-0.2, 0) is 14.9 Å². The van der Waals surface area contributed by atoms with E-state index < -0.39 is 11.3 Å². The summed E-state index contributed by atoms with van der Waals surface area (Å²) < 4.78 is 5.63. The Balaban J connectivity index is 1.59. The van der Waals surface area contributed by atoms with Crippen LogP contribution in [0.1, 0.15) is 63.7 Å². The lowest BCUT2D eigenvalue weighted by Gasteiger charge is -2.39. The highest BCUT2D eigenvalue weighted by Gasteiger charge is 2.46. The van der Waals surface area contributed by atoms with Gasteiger partial charge in [-0.1, -0.05) is 29.3 Å². The number of ether oxygens (including phenoxy) is 1. The highest BCUT2D eigenvalue weighted by molar-refractivity contribution is 5.93. The summed E-state index contributed by atoms with van der Waals surface area (Å²) in [5, 5.41) is 0. The van der Waals surface area contributed by atoms with Crippen LogP contribution in [0.25, 0.3) is 0 Å². The third-order valence-corrected chi connectivity index (χ3v) is 6.63. The van der Waals surface area contributed by atoms with Crippen molar-refractivity contribution in [2.45, 2.75) is 51.4 Å². The van der Waals surface area contributed by atoms with E-state index in [1.54, 1.807) is 6.92 Å². The molecule has 164 valence electrons. The maximum atomic E-state index is 13.9. The minimum absolute atomic E-state index is 0.0562. The third kappa shape index (κ3) is 4.06. The van der Waals surface area contributed by atoms with Gasteiger partial charge in [0.05, 0.1) is 16.7 Å². The lowest BCUT2D eigenvalue weighted by Crippen LogP contribution is -2.49. The summed E-state index contributed by atoms with van der Waals surface area (Å²) in [4.78, 5) is 36.2. The van der Waals surface area contributed by atoms with Crippen molar-refractivity contribution < 1.29 is 14.3 Å². The van der Waals surface area contributed by atoms with Crippen molar-refractivity contribution >= 4 is 11.8 Å². The van der Waals surface area contributed by atoms with Gasteiger partial charge in [-0.2, -0.15) is 0 Å². The van der Waals surface area contributed by atoms with E-state index >= 15 is 0 Å². The predicted octanol–water partition coefficient (Wildman–Crippen LogP) is 2.57. The third-order valence-electron chi connectivity index (χ3n) is 6.63. The molecule has 3 heterocycles. The maximum absolute atomic E-state index is 13.9. The number of primary amides is 1. The molecule has 4 rings (SSSR count). The number of aryl methyl sites for hydroxylation is 3. The summed E-state index contributed by atoms with van der Waals surface area (Å²) in [6, 6.07) is 6.44. The normalized spacial score (nSPS) is 20.6. The molecule has 1 aromatic carbocycles. The fraction of sp³-hybridized carbons (Fsp3) is 0.500. The number of rotatable bonds is 4. The summed E-state index contributed by atoms with van der Waals surface area (Å²) in [6.45, 7) is 8.36. The van der Waals surface area contributed by atoms with Crippen LogP contribution in [0.5, 0.6) is 0 Å². The van der Waals surface area contributed by atoms with Crippen molar-refractivity contribution in [2.24, 2.45) is 5.73 Å². The lowest BCUT2D eigenvalue weighted by molar-refractivity contribution is -0.140. The molecule has 2 N–H and O–H groups in total. The van der Waals surface area contributed by atoms with Gasteiger partial charge in [0.1, 0.15) is 5.82 Å². The second kappa shape index (κ2) is 8.38. The smallest absolute Gasteiger partial charge is 0.252 e. The number of hydrogen-bond acceptors (Lipinski definition) is 5. The van der Waals surface area contributed by atoms with Crippen molar-refractivity contribution in [1.82, 2.24) is 14.9 Å². The largest absolute Gasteiger partial charge is 0.381 e. The number of hydrogen-bond donors (Lipinski definition) is 1. The van der Waals surface area contributed by atoms with Gasteiger partial charge in [0, 0.05) is 38.4 Å². The molecular weight excluding hydrogens is 392 g/mol. The van der Waals surface area contributed by atoms with Crippen molar-refractivity contribution in [2.75, 3.05) is 26.3 Å². The molecule has 1 unspecified atom stereocenters. The number of aromatic nitrogens is 2. The highest BCUT2D eigenvalue weighted by Crippen LogP contribution is 2.39. The first-order valence-corrected chi connectivity index (χ1v) is 10.9. The van der Waals surface area contributed by atoms with Gasteiger partial charge in [-0.15, -0.1) is 0 Å². The average Bonchev–Trinajstić information content (AvgIpc) is 3.23. The molecule has 2 fully saturated rings. The van der Waals surface area contributed by atoms with Gasteiger partial charge in [-0.3, -0.25) is 9.59 Å². The molecular formula is C24H30N4O3. The number of carbonyl (C=O) groups is 2. The number of nitrogens with two attached hydrogens (primary N) is 1.